The molecule has 1 aromatic heterocycles. The molecular weight excluding hydrogens is 210 g/mol. The Balaban J connectivity index is 2.41. The van der Waals surface area contributed by atoms with E-state index in [4.69, 9.17) is 4.52 Å². The van der Waals surface area contributed by atoms with Crippen molar-refractivity contribution in [1.82, 2.24) is 15.0 Å². The Labute approximate surface area is 94.6 Å². The summed E-state index contributed by atoms with van der Waals surface area (Å²) in [5.74, 6) is 0.786. The summed E-state index contributed by atoms with van der Waals surface area (Å²) in [7, 11) is 3.28. The lowest BCUT2D eigenvalue weighted by Gasteiger charge is -2.17. The molecule has 0 aliphatic heterocycles. The Hall–Kier alpha value is -1.43. The number of carbonyl (C=O) groups excluding carboxylic acids is 1. The molecule has 1 unspecified atom stereocenters. The highest BCUT2D eigenvalue weighted by atomic mass is 16.5. The first-order valence-electron chi connectivity index (χ1n) is 5.08. The fourth-order valence-corrected chi connectivity index (χ4v) is 1.44. The molecule has 0 N–H and O–H groups in total. The molecule has 1 heterocycles. The van der Waals surface area contributed by atoms with E-state index in [0.29, 0.717) is 24.8 Å². The number of aromatic nitrogens is 2. The molecule has 0 radical (unpaired) electrons. The highest BCUT2D eigenvalue weighted by molar-refractivity contribution is 5.71. The van der Waals surface area contributed by atoms with Crippen LogP contribution in [0.25, 0.3) is 0 Å². The van der Waals surface area contributed by atoms with E-state index in [2.05, 4.69) is 14.9 Å². The Morgan fingerprint density at radius 2 is 2.31 bits per heavy atom. The molecule has 0 aliphatic carbocycles. The van der Waals surface area contributed by atoms with Crippen molar-refractivity contribution in [3.05, 3.63) is 11.7 Å². The van der Waals surface area contributed by atoms with Crippen molar-refractivity contribution >= 4 is 5.97 Å². The van der Waals surface area contributed by atoms with Crippen LogP contribution in [-0.2, 0) is 16.1 Å². The SMILES string of the molecule is COC(=O)C(C)CN(C)Cc1nc(C)no1. The quantitative estimate of drug-likeness (QED) is 0.687. The number of hydrogen-bond donors (Lipinski definition) is 0. The summed E-state index contributed by atoms with van der Waals surface area (Å²) in [6.45, 7) is 4.71. The van der Waals surface area contributed by atoms with Gasteiger partial charge in [0.25, 0.3) is 0 Å². The van der Waals surface area contributed by atoms with Crippen LogP contribution in [0.15, 0.2) is 4.52 Å². The van der Waals surface area contributed by atoms with Crippen molar-refractivity contribution < 1.29 is 14.1 Å². The second-order valence-electron chi connectivity index (χ2n) is 3.86. The van der Waals surface area contributed by atoms with Crippen molar-refractivity contribution in [2.75, 3.05) is 20.7 Å². The van der Waals surface area contributed by atoms with Crippen LogP contribution < -0.4 is 0 Å². The number of rotatable bonds is 5. The zero-order valence-electron chi connectivity index (χ0n) is 10.1. The van der Waals surface area contributed by atoms with Crippen molar-refractivity contribution in [1.29, 1.82) is 0 Å². The maximum atomic E-state index is 11.2. The molecule has 0 saturated heterocycles. The lowest BCUT2D eigenvalue weighted by molar-refractivity contribution is -0.145. The van der Waals surface area contributed by atoms with Gasteiger partial charge in [-0.05, 0) is 14.0 Å². The molecule has 1 aromatic rings. The van der Waals surface area contributed by atoms with Gasteiger partial charge in [0.1, 0.15) is 0 Å². The van der Waals surface area contributed by atoms with Gasteiger partial charge in [-0.15, -0.1) is 0 Å². The summed E-state index contributed by atoms with van der Waals surface area (Å²) < 4.78 is 9.63. The van der Waals surface area contributed by atoms with Crippen LogP contribution in [0.2, 0.25) is 0 Å². The molecule has 0 fully saturated rings. The standard InChI is InChI=1S/C10H17N3O3/c1-7(10(14)15-4)5-13(3)6-9-11-8(2)12-16-9/h7H,5-6H2,1-4H3. The predicted octanol–water partition coefficient (Wildman–Crippen LogP) is 0.619. The number of nitrogens with zero attached hydrogens (tertiary/aromatic N) is 3. The van der Waals surface area contributed by atoms with Gasteiger partial charge in [-0.2, -0.15) is 4.98 Å². The minimum absolute atomic E-state index is 0.168. The zero-order chi connectivity index (χ0) is 12.1. The summed E-state index contributed by atoms with van der Waals surface area (Å²) >= 11 is 0. The smallest absolute Gasteiger partial charge is 0.309 e. The molecule has 0 amide bonds. The van der Waals surface area contributed by atoms with Crippen LogP contribution in [0.5, 0.6) is 0 Å². The van der Waals surface area contributed by atoms with Gasteiger partial charge in [-0.3, -0.25) is 9.69 Å². The highest BCUT2D eigenvalue weighted by Crippen LogP contribution is 2.05. The maximum absolute atomic E-state index is 11.2. The molecule has 6 heteroatoms. The van der Waals surface area contributed by atoms with E-state index >= 15 is 0 Å². The fourth-order valence-electron chi connectivity index (χ4n) is 1.44. The van der Waals surface area contributed by atoms with E-state index in [1.54, 1.807) is 6.92 Å². The van der Waals surface area contributed by atoms with Crippen LogP contribution >= 0.6 is 0 Å². The number of aryl methyl sites for hydroxylation is 1. The van der Waals surface area contributed by atoms with Gasteiger partial charge in [-0.25, -0.2) is 0 Å². The van der Waals surface area contributed by atoms with Gasteiger partial charge in [0.2, 0.25) is 5.89 Å². The Morgan fingerprint density at radius 3 is 2.81 bits per heavy atom. The average Bonchev–Trinajstić information content (AvgIpc) is 2.62. The first-order valence-corrected chi connectivity index (χ1v) is 5.08. The summed E-state index contributed by atoms with van der Waals surface area (Å²) in [5.41, 5.74) is 0. The third kappa shape index (κ3) is 3.62. The van der Waals surface area contributed by atoms with E-state index in [-0.39, 0.29) is 11.9 Å². The van der Waals surface area contributed by atoms with E-state index in [0.717, 1.165) is 0 Å². The summed E-state index contributed by atoms with van der Waals surface area (Å²) in [6, 6.07) is 0. The van der Waals surface area contributed by atoms with Gasteiger partial charge < -0.3 is 9.26 Å². The molecule has 6 nitrogen and oxygen atoms in total. The zero-order valence-corrected chi connectivity index (χ0v) is 10.1. The normalized spacial score (nSPS) is 12.8. The Morgan fingerprint density at radius 1 is 1.62 bits per heavy atom. The van der Waals surface area contributed by atoms with Crippen molar-refractivity contribution in [2.45, 2.75) is 20.4 Å². The summed E-state index contributed by atoms with van der Waals surface area (Å²) in [6.07, 6.45) is 0. The van der Waals surface area contributed by atoms with Crippen LogP contribution in [0.1, 0.15) is 18.6 Å². The second-order valence-corrected chi connectivity index (χ2v) is 3.86. The molecule has 0 aromatic carbocycles. The summed E-state index contributed by atoms with van der Waals surface area (Å²) in [5, 5.41) is 3.70. The van der Waals surface area contributed by atoms with E-state index < -0.39 is 0 Å². The third-order valence-electron chi connectivity index (χ3n) is 2.16. The molecule has 0 saturated carbocycles. The Bertz CT molecular complexity index is 351. The first-order chi connectivity index (χ1) is 7.52. The molecule has 90 valence electrons. The number of carbonyl (C=O) groups is 1. The topological polar surface area (TPSA) is 68.5 Å². The van der Waals surface area contributed by atoms with E-state index in [1.807, 2.05) is 18.9 Å². The minimum atomic E-state index is -0.214. The maximum Gasteiger partial charge on any atom is 0.309 e. The third-order valence-corrected chi connectivity index (χ3v) is 2.16. The van der Waals surface area contributed by atoms with Crippen LogP contribution in [0, 0.1) is 12.8 Å². The molecule has 0 spiro atoms. The van der Waals surface area contributed by atoms with Gasteiger partial charge >= 0.3 is 5.97 Å². The first kappa shape index (κ1) is 12.6. The summed E-state index contributed by atoms with van der Waals surface area (Å²) in [4.78, 5) is 17.2. The number of esters is 1. The average molecular weight is 227 g/mol. The second kappa shape index (κ2) is 5.60. The predicted molar refractivity (Wildman–Crippen MR) is 56.5 cm³/mol. The number of methoxy groups -OCH3 is 1. The molecular formula is C10H17N3O3. The van der Waals surface area contributed by atoms with Gasteiger partial charge in [0, 0.05) is 6.54 Å². The largest absolute Gasteiger partial charge is 0.469 e. The molecule has 1 atom stereocenters. The van der Waals surface area contributed by atoms with Crippen molar-refractivity contribution in [3.8, 4) is 0 Å². The molecule has 0 bridgehead atoms. The minimum Gasteiger partial charge on any atom is -0.469 e. The van der Waals surface area contributed by atoms with Gasteiger partial charge in [-0.1, -0.05) is 12.1 Å². The number of ether oxygens (including phenoxy) is 1. The van der Waals surface area contributed by atoms with E-state index in [9.17, 15) is 4.79 Å². The van der Waals surface area contributed by atoms with Crippen LogP contribution in [0.3, 0.4) is 0 Å². The Kier molecular flexibility index (Phi) is 4.42. The molecule has 1 rings (SSSR count). The number of hydrogen-bond acceptors (Lipinski definition) is 6. The highest BCUT2D eigenvalue weighted by Gasteiger charge is 2.16. The lowest BCUT2D eigenvalue weighted by atomic mass is 10.2. The van der Waals surface area contributed by atoms with E-state index in [1.165, 1.54) is 7.11 Å². The van der Waals surface area contributed by atoms with Crippen LogP contribution in [0.4, 0.5) is 0 Å². The monoisotopic (exact) mass is 227 g/mol. The van der Waals surface area contributed by atoms with Gasteiger partial charge in [0.15, 0.2) is 5.82 Å². The van der Waals surface area contributed by atoms with Crippen LogP contribution in [-0.4, -0.2) is 41.7 Å². The fraction of sp³-hybridized carbons (Fsp3) is 0.700. The van der Waals surface area contributed by atoms with Gasteiger partial charge in [0.05, 0.1) is 19.6 Å². The van der Waals surface area contributed by atoms with Crippen molar-refractivity contribution in [3.63, 3.8) is 0 Å². The molecule has 0 aliphatic rings. The lowest BCUT2D eigenvalue weighted by Crippen LogP contribution is -2.29. The molecule has 16 heavy (non-hydrogen) atoms. The van der Waals surface area contributed by atoms with Crippen molar-refractivity contribution in [2.24, 2.45) is 5.92 Å².